The highest BCUT2D eigenvalue weighted by molar-refractivity contribution is 7.91. The fraction of sp³-hybridized carbons (Fsp3) is 0.783. The molecule has 1 saturated heterocycles. The van der Waals surface area contributed by atoms with Gasteiger partial charge in [0.05, 0.1) is 11.5 Å². The number of fused-ring (bicyclic) bond motifs is 7. The smallest absolute Gasteiger partial charge is 0.313 e. The summed E-state index contributed by atoms with van der Waals surface area (Å²) >= 11 is 1.39. The number of carboxylic acid groups (broad SMARTS) is 1. The van der Waals surface area contributed by atoms with E-state index in [9.17, 15) is 18.3 Å². The molecule has 10 heteroatoms. The van der Waals surface area contributed by atoms with Gasteiger partial charge in [-0.3, -0.25) is 4.79 Å². The van der Waals surface area contributed by atoms with Gasteiger partial charge in [0, 0.05) is 42.7 Å². The number of hydrogen-bond donors (Lipinski definition) is 2. The number of carboxylic acids is 1. The molecule has 0 spiro atoms. The SMILES string of the molecule is C=C[C@@H]1CC[C@]2(NCCN3CCS(=O)(=O)CC3)CC[C@]3(C)[C@H](CCC4[C@@]5(C)CC=C(C6=CCC(COc7cc(C)sn7)(C(=O)O)CC6)C(C)(C)C5CC[C@]43C)C12. The first-order valence-corrected chi connectivity index (χ1v) is 24.5. The second-order valence-electron chi connectivity index (χ2n) is 20.8. The van der Waals surface area contributed by atoms with Crippen molar-refractivity contribution in [3.05, 3.63) is 46.9 Å². The predicted octanol–water partition coefficient (Wildman–Crippen LogP) is 8.89. The summed E-state index contributed by atoms with van der Waals surface area (Å²) in [6, 6.07) is 1.89. The van der Waals surface area contributed by atoms with Gasteiger partial charge in [-0.05, 0) is 158 Å². The van der Waals surface area contributed by atoms with Crippen LogP contribution in [0.15, 0.2) is 42.0 Å². The Kier molecular flexibility index (Phi) is 10.4. The van der Waals surface area contributed by atoms with Crippen molar-refractivity contribution in [1.82, 2.24) is 14.6 Å². The Hall–Kier alpha value is -2.01. The zero-order chi connectivity index (χ0) is 39.9. The molecule has 10 atom stereocenters. The number of aryl methyl sites for hydroxylation is 1. The summed E-state index contributed by atoms with van der Waals surface area (Å²) < 4.78 is 34.4. The number of allylic oxidation sites excluding steroid dienone is 5. The van der Waals surface area contributed by atoms with Crippen LogP contribution in [0.5, 0.6) is 5.88 Å². The lowest BCUT2D eigenvalue weighted by atomic mass is 9.33. The Bertz CT molecular complexity index is 1870. The van der Waals surface area contributed by atoms with Gasteiger partial charge < -0.3 is 20.1 Å². The van der Waals surface area contributed by atoms with Gasteiger partial charge in [-0.15, -0.1) is 6.58 Å². The topological polar surface area (TPSA) is 109 Å². The quantitative estimate of drug-likeness (QED) is 0.226. The number of aliphatic carboxylic acids is 1. The third-order valence-electron chi connectivity index (χ3n) is 18.2. The van der Waals surface area contributed by atoms with E-state index in [4.69, 9.17) is 4.74 Å². The van der Waals surface area contributed by atoms with E-state index < -0.39 is 21.2 Å². The Morgan fingerprint density at radius 1 is 1.00 bits per heavy atom. The highest BCUT2D eigenvalue weighted by Crippen LogP contribution is 2.76. The summed E-state index contributed by atoms with van der Waals surface area (Å²) in [7, 11) is -2.87. The molecule has 2 N–H and O–H groups in total. The van der Waals surface area contributed by atoms with E-state index in [-0.39, 0.29) is 33.8 Å². The molecule has 8 rings (SSSR count). The number of carbonyl (C=O) groups is 1. The molecule has 8 nitrogen and oxygen atoms in total. The summed E-state index contributed by atoms with van der Waals surface area (Å²) in [6.45, 7) is 22.8. The third kappa shape index (κ3) is 6.43. The second kappa shape index (κ2) is 14.3. The maximum absolute atomic E-state index is 12.7. The van der Waals surface area contributed by atoms with E-state index in [0.29, 0.717) is 72.9 Å². The molecular formula is C46H69N3O5S2. The molecule has 6 aliphatic carbocycles. The van der Waals surface area contributed by atoms with Crippen LogP contribution in [0.3, 0.4) is 0 Å². The van der Waals surface area contributed by atoms with Crippen LogP contribution in [0.2, 0.25) is 0 Å². The van der Waals surface area contributed by atoms with Gasteiger partial charge in [0.25, 0.3) is 0 Å². The van der Waals surface area contributed by atoms with Gasteiger partial charge in [0.2, 0.25) is 5.88 Å². The maximum atomic E-state index is 12.7. The largest absolute Gasteiger partial charge is 0.481 e. The second-order valence-corrected chi connectivity index (χ2v) is 24.1. The molecule has 56 heavy (non-hydrogen) atoms. The average Bonchev–Trinajstić information content (AvgIpc) is 3.75. The van der Waals surface area contributed by atoms with Gasteiger partial charge >= 0.3 is 5.97 Å². The Labute approximate surface area is 341 Å². The minimum Gasteiger partial charge on any atom is -0.481 e. The fourth-order valence-electron chi connectivity index (χ4n) is 15.0. The minimum absolute atomic E-state index is 0.0132. The zero-order valence-electron chi connectivity index (χ0n) is 35.1. The van der Waals surface area contributed by atoms with Gasteiger partial charge in [-0.1, -0.05) is 52.8 Å². The van der Waals surface area contributed by atoms with E-state index in [2.05, 4.69) is 74.0 Å². The fourth-order valence-corrected chi connectivity index (χ4v) is 16.7. The van der Waals surface area contributed by atoms with Crippen molar-refractivity contribution in [3.8, 4) is 5.88 Å². The van der Waals surface area contributed by atoms with Crippen LogP contribution in [-0.2, 0) is 14.6 Å². The third-order valence-corrected chi connectivity index (χ3v) is 20.5. The number of aromatic nitrogens is 1. The van der Waals surface area contributed by atoms with Gasteiger partial charge in [-0.25, -0.2) is 8.42 Å². The normalized spacial score (nSPS) is 42.9. The maximum Gasteiger partial charge on any atom is 0.313 e. The van der Waals surface area contributed by atoms with Gasteiger partial charge in [0.15, 0.2) is 9.84 Å². The number of nitrogens with one attached hydrogen (secondary N) is 1. The molecule has 1 aliphatic heterocycles. The lowest BCUT2D eigenvalue weighted by molar-refractivity contribution is -0.220. The molecule has 2 heterocycles. The molecule has 310 valence electrons. The first kappa shape index (κ1) is 40.8. The highest BCUT2D eigenvalue weighted by Gasteiger charge is 2.70. The Morgan fingerprint density at radius 2 is 1.77 bits per heavy atom. The lowest BCUT2D eigenvalue weighted by Gasteiger charge is -2.72. The molecule has 7 aliphatic rings. The van der Waals surface area contributed by atoms with Crippen LogP contribution < -0.4 is 10.1 Å². The molecule has 5 fully saturated rings. The van der Waals surface area contributed by atoms with Crippen LogP contribution in [0.4, 0.5) is 0 Å². The molecule has 1 aromatic heterocycles. The first-order chi connectivity index (χ1) is 26.4. The molecule has 4 saturated carbocycles. The van der Waals surface area contributed by atoms with Gasteiger partial charge in [0.1, 0.15) is 12.0 Å². The molecular weight excluding hydrogens is 739 g/mol. The summed E-state index contributed by atoms with van der Waals surface area (Å²) in [6.07, 6.45) is 20.1. The summed E-state index contributed by atoms with van der Waals surface area (Å²) in [4.78, 5) is 16.1. The number of nitrogens with zero attached hydrogens (tertiary/aromatic N) is 2. The number of ether oxygens (including phenoxy) is 1. The summed E-state index contributed by atoms with van der Waals surface area (Å²) in [5, 5.41) is 14.6. The molecule has 0 radical (unpaired) electrons. The molecule has 0 aromatic carbocycles. The molecule has 1 aromatic rings. The van der Waals surface area contributed by atoms with Crippen molar-refractivity contribution in [3.63, 3.8) is 0 Å². The van der Waals surface area contributed by atoms with E-state index in [1.807, 2.05) is 13.0 Å². The monoisotopic (exact) mass is 807 g/mol. The van der Waals surface area contributed by atoms with E-state index in [1.165, 1.54) is 74.0 Å². The van der Waals surface area contributed by atoms with Crippen LogP contribution in [0.1, 0.15) is 117 Å². The number of rotatable bonds is 10. The van der Waals surface area contributed by atoms with Crippen molar-refractivity contribution in [2.75, 3.05) is 44.3 Å². The van der Waals surface area contributed by atoms with Crippen LogP contribution in [0, 0.1) is 63.6 Å². The molecule has 0 amide bonds. The van der Waals surface area contributed by atoms with Crippen molar-refractivity contribution in [2.24, 2.45) is 56.7 Å². The van der Waals surface area contributed by atoms with E-state index >= 15 is 0 Å². The molecule has 4 unspecified atom stereocenters. The van der Waals surface area contributed by atoms with Crippen molar-refractivity contribution in [1.29, 1.82) is 0 Å². The van der Waals surface area contributed by atoms with Crippen LogP contribution >= 0.6 is 11.5 Å². The molecule has 0 bridgehead atoms. The standard InChI is InChI=1S/C46H69N3O5S2/c1-8-32-13-20-46(47-23-24-49-25-27-56(52,53)28-26-49)22-21-43(6)35(39(32)46)9-10-37-42(5)16-14-34(41(3,4)36(42)15-17-44(37,43)7)33-11-18-45(19-12-33,40(50)51)30-54-38-29-31(2)55-48-38/h8,11,14,29,32,35-37,39,47H,1,9-10,12-13,15-28,30H2,2-7H3,(H,50,51)/t32-,35-,36?,37?,39?,42+,43-,44-,45?,46+/m1/s1. The van der Waals surface area contributed by atoms with Gasteiger partial charge in [-0.2, -0.15) is 4.37 Å². The zero-order valence-corrected chi connectivity index (χ0v) is 36.8. The first-order valence-electron chi connectivity index (χ1n) is 21.9. The Morgan fingerprint density at radius 3 is 2.43 bits per heavy atom. The minimum atomic E-state index is -2.87. The summed E-state index contributed by atoms with van der Waals surface area (Å²) in [5.74, 6) is 3.41. The van der Waals surface area contributed by atoms with Crippen molar-refractivity contribution < 1.29 is 23.1 Å². The highest BCUT2D eigenvalue weighted by atomic mass is 32.2. The number of hydrogen-bond acceptors (Lipinski definition) is 8. The summed E-state index contributed by atoms with van der Waals surface area (Å²) in [5.41, 5.74) is 2.83. The van der Waals surface area contributed by atoms with Crippen molar-refractivity contribution in [2.45, 2.75) is 124 Å². The van der Waals surface area contributed by atoms with Crippen LogP contribution in [-0.4, -0.2) is 78.6 Å². The van der Waals surface area contributed by atoms with Crippen molar-refractivity contribution >= 4 is 27.3 Å². The lowest BCUT2D eigenvalue weighted by Crippen LogP contribution is -2.68. The predicted molar refractivity (Wildman–Crippen MR) is 226 cm³/mol. The van der Waals surface area contributed by atoms with Crippen LogP contribution in [0.25, 0.3) is 0 Å². The Balaban J connectivity index is 0.999. The van der Waals surface area contributed by atoms with E-state index in [0.717, 1.165) is 30.8 Å². The van der Waals surface area contributed by atoms with E-state index in [1.54, 1.807) is 0 Å². The average molecular weight is 808 g/mol. The number of sulfone groups is 1.